The molecule has 62 heavy (non-hydrogen) atoms. The van der Waals surface area contributed by atoms with Crippen molar-refractivity contribution in [1.29, 1.82) is 0 Å². The number of carbonyl (C=O) groups is 2. The zero-order chi connectivity index (χ0) is 45.9. The van der Waals surface area contributed by atoms with Gasteiger partial charge in [-0.25, -0.2) is 9.59 Å². The molecule has 0 heterocycles. The summed E-state index contributed by atoms with van der Waals surface area (Å²) >= 11 is 0. The summed E-state index contributed by atoms with van der Waals surface area (Å²) in [4.78, 5) is 25.3. The molecule has 2 aromatic rings. The molecular formula is C48H84O10Si4. The number of benzene rings is 2. The van der Waals surface area contributed by atoms with Crippen molar-refractivity contribution in [2.24, 2.45) is 0 Å². The van der Waals surface area contributed by atoms with Crippen molar-refractivity contribution in [3.05, 3.63) is 58.7 Å². The van der Waals surface area contributed by atoms with Crippen LogP contribution in [-0.2, 0) is 32.6 Å². The second-order valence-corrected chi connectivity index (χ2v) is 37.6. The molecular weight excluding hydrogens is 849 g/mol. The van der Waals surface area contributed by atoms with Gasteiger partial charge in [-0.1, -0.05) is 83.1 Å². The van der Waals surface area contributed by atoms with Crippen LogP contribution in [0.25, 0.3) is 0 Å². The Morgan fingerprint density at radius 3 is 1.24 bits per heavy atom. The lowest BCUT2D eigenvalue weighted by atomic mass is 9.65. The van der Waals surface area contributed by atoms with Crippen molar-refractivity contribution < 1.29 is 46.2 Å². The van der Waals surface area contributed by atoms with Gasteiger partial charge in [0.2, 0.25) is 0 Å². The number of ether oxygens (including phenoxy) is 6. The van der Waals surface area contributed by atoms with E-state index in [1.165, 1.54) is 55.3 Å². The third kappa shape index (κ3) is 19.4. The highest BCUT2D eigenvalue weighted by atomic mass is 28.4. The van der Waals surface area contributed by atoms with E-state index in [1.54, 1.807) is 0 Å². The van der Waals surface area contributed by atoms with Crippen LogP contribution in [0.5, 0.6) is 11.5 Å². The van der Waals surface area contributed by atoms with Gasteiger partial charge in [0, 0.05) is 18.6 Å². The molecule has 352 valence electrons. The van der Waals surface area contributed by atoms with E-state index in [9.17, 15) is 9.59 Å². The molecule has 1 saturated carbocycles. The van der Waals surface area contributed by atoms with Gasteiger partial charge in [-0.05, 0) is 150 Å². The first kappa shape index (κ1) is 54.0. The van der Waals surface area contributed by atoms with Crippen LogP contribution in [0.15, 0.2) is 36.4 Å². The third-order valence-electron chi connectivity index (χ3n) is 11.9. The van der Waals surface area contributed by atoms with Gasteiger partial charge < -0.3 is 36.7 Å². The lowest BCUT2D eigenvalue weighted by molar-refractivity contribution is 0.0517. The Morgan fingerprint density at radius 1 is 0.516 bits per heavy atom. The van der Waals surface area contributed by atoms with Gasteiger partial charge in [0.15, 0.2) is 33.3 Å². The molecule has 0 aliphatic heterocycles. The average molecular weight is 934 g/mol. The maximum Gasteiger partial charge on any atom is 0.513 e. The standard InChI is InChI=1S/C48H84O10Si4/c1-13-15-34-59(5,6)57-61(9,10)36-20-28-51-30-32-53-46(49)55-44-24-22-42(38-40(44)3)48(26-18-17-19-27-48)43-23-25-45(41(4)39-43)56-47(50)54-33-31-52-29-21-37-62(11,12)58-60(7,8)35-16-14-2/h22-25,38-39H,13-21,26-37H2,1-12H3. The van der Waals surface area contributed by atoms with Crippen molar-refractivity contribution in [2.75, 3.05) is 39.6 Å². The van der Waals surface area contributed by atoms with E-state index in [4.69, 9.17) is 36.7 Å². The number of hydrogen-bond acceptors (Lipinski definition) is 10. The van der Waals surface area contributed by atoms with E-state index in [-0.39, 0.29) is 18.6 Å². The first-order chi connectivity index (χ1) is 29.2. The topological polar surface area (TPSA) is 108 Å². The Morgan fingerprint density at radius 2 is 0.887 bits per heavy atom. The zero-order valence-corrected chi connectivity index (χ0v) is 44.9. The van der Waals surface area contributed by atoms with Crippen LogP contribution < -0.4 is 9.47 Å². The maximum atomic E-state index is 12.6. The molecule has 0 saturated heterocycles. The molecule has 2 aromatic carbocycles. The van der Waals surface area contributed by atoms with Gasteiger partial charge in [0.1, 0.15) is 24.7 Å². The average Bonchev–Trinajstić information content (AvgIpc) is 3.19. The summed E-state index contributed by atoms with van der Waals surface area (Å²) in [6.07, 6.45) is 10.7. The summed E-state index contributed by atoms with van der Waals surface area (Å²) in [6.45, 7) is 29.1. The molecule has 0 radical (unpaired) electrons. The Hall–Kier alpha value is -2.31. The number of unbranched alkanes of at least 4 members (excludes halogenated alkanes) is 2. The van der Waals surface area contributed by atoms with E-state index in [0.717, 1.165) is 61.7 Å². The minimum absolute atomic E-state index is 0.133. The highest BCUT2D eigenvalue weighted by Gasteiger charge is 2.37. The molecule has 10 nitrogen and oxygen atoms in total. The fourth-order valence-electron chi connectivity index (χ4n) is 8.94. The van der Waals surface area contributed by atoms with E-state index in [2.05, 4.69) is 90.5 Å². The van der Waals surface area contributed by atoms with Crippen LogP contribution in [-0.4, -0.2) is 85.2 Å². The molecule has 0 aromatic heterocycles. The molecule has 1 aliphatic carbocycles. The van der Waals surface area contributed by atoms with Crippen molar-refractivity contribution in [1.82, 2.24) is 0 Å². The van der Waals surface area contributed by atoms with E-state index in [1.807, 2.05) is 26.0 Å². The summed E-state index contributed by atoms with van der Waals surface area (Å²) in [5.41, 5.74) is 3.87. The Balaban J connectivity index is 1.45. The molecule has 0 atom stereocenters. The minimum Gasteiger partial charge on any atom is -0.455 e. The molecule has 14 heteroatoms. The highest BCUT2D eigenvalue weighted by molar-refractivity contribution is 6.85. The Kier molecular flexibility index (Phi) is 22.6. The van der Waals surface area contributed by atoms with Crippen molar-refractivity contribution in [2.45, 2.75) is 180 Å². The van der Waals surface area contributed by atoms with Gasteiger partial charge in [0.05, 0.1) is 13.2 Å². The highest BCUT2D eigenvalue weighted by Crippen LogP contribution is 2.46. The molecule has 3 rings (SSSR count). The second kappa shape index (κ2) is 26.0. The lowest BCUT2D eigenvalue weighted by Gasteiger charge is -2.39. The van der Waals surface area contributed by atoms with Crippen LogP contribution >= 0.6 is 0 Å². The predicted molar refractivity (Wildman–Crippen MR) is 262 cm³/mol. The number of carbonyl (C=O) groups excluding carboxylic acids is 2. The molecule has 0 N–H and O–H groups in total. The lowest BCUT2D eigenvalue weighted by Crippen LogP contribution is -2.44. The summed E-state index contributed by atoms with van der Waals surface area (Å²) in [5.74, 6) is 0.955. The fraction of sp³-hybridized carbons (Fsp3) is 0.708. The van der Waals surface area contributed by atoms with Crippen LogP contribution in [0.3, 0.4) is 0 Å². The number of rotatable bonds is 28. The van der Waals surface area contributed by atoms with Gasteiger partial charge >= 0.3 is 12.3 Å². The second-order valence-electron chi connectivity index (χ2n) is 19.9. The Labute approximate surface area is 380 Å². The summed E-state index contributed by atoms with van der Waals surface area (Å²) < 4.78 is 47.0. The van der Waals surface area contributed by atoms with Crippen LogP contribution in [0.2, 0.25) is 76.6 Å². The number of hydrogen-bond donors (Lipinski definition) is 0. The van der Waals surface area contributed by atoms with Gasteiger partial charge in [-0.15, -0.1) is 0 Å². The molecule has 0 unspecified atom stereocenters. The van der Waals surface area contributed by atoms with Crippen molar-refractivity contribution in [3.63, 3.8) is 0 Å². The molecule has 1 aliphatic rings. The van der Waals surface area contributed by atoms with Gasteiger partial charge in [-0.3, -0.25) is 0 Å². The normalized spacial score (nSPS) is 14.7. The van der Waals surface area contributed by atoms with E-state index in [0.29, 0.717) is 37.9 Å². The number of aryl methyl sites for hydroxylation is 2. The first-order valence-electron chi connectivity index (χ1n) is 23.7. The molecule has 0 amide bonds. The largest absolute Gasteiger partial charge is 0.513 e. The SMILES string of the molecule is CCCC[Si](C)(C)O[Si](C)(C)CCCOCCOC(=O)Oc1ccc(C2(c3ccc(OC(=O)OCCOCCC[Si](C)(C)O[Si](C)(C)CCCC)c(C)c3)CCCCC2)cc1C. The molecule has 1 fully saturated rings. The quantitative estimate of drug-likeness (QED) is 0.0354. The van der Waals surface area contributed by atoms with E-state index < -0.39 is 45.6 Å². The van der Waals surface area contributed by atoms with Gasteiger partial charge in [0.25, 0.3) is 0 Å². The monoisotopic (exact) mass is 933 g/mol. The molecule has 0 spiro atoms. The minimum atomic E-state index is -1.74. The predicted octanol–water partition coefficient (Wildman–Crippen LogP) is 13.9. The van der Waals surface area contributed by atoms with Crippen LogP contribution in [0.4, 0.5) is 9.59 Å². The maximum absolute atomic E-state index is 12.6. The smallest absolute Gasteiger partial charge is 0.455 e. The van der Waals surface area contributed by atoms with Crippen LogP contribution in [0.1, 0.15) is 107 Å². The Bertz CT molecular complexity index is 1540. The summed E-state index contributed by atoms with van der Waals surface area (Å²) in [6, 6.07) is 16.7. The first-order valence-corrected chi connectivity index (χ1v) is 36.2. The zero-order valence-electron chi connectivity index (χ0n) is 40.9. The van der Waals surface area contributed by atoms with Crippen LogP contribution in [0, 0.1) is 13.8 Å². The molecule has 0 bridgehead atoms. The summed E-state index contributed by atoms with van der Waals surface area (Å²) in [5, 5.41) is 0. The third-order valence-corrected chi connectivity index (χ3v) is 27.0. The van der Waals surface area contributed by atoms with E-state index >= 15 is 0 Å². The fourth-order valence-corrected chi connectivity index (χ4v) is 26.9. The van der Waals surface area contributed by atoms with Crippen molar-refractivity contribution >= 4 is 45.6 Å². The van der Waals surface area contributed by atoms with Gasteiger partial charge in [-0.2, -0.15) is 0 Å². The summed E-state index contributed by atoms with van der Waals surface area (Å²) in [7, 11) is -6.71. The van der Waals surface area contributed by atoms with Crippen molar-refractivity contribution in [3.8, 4) is 11.5 Å².